The topological polar surface area (TPSA) is 197 Å². The maximum Gasteiger partial charge on any atom is 0.235 e. The molecule has 40 heavy (non-hydrogen) atoms. The van der Waals surface area contributed by atoms with Crippen LogP contribution in [0.25, 0.3) is 11.1 Å². The van der Waals surface area contributed by atoms with Gasteiger partial charge in [0, 0.05) is 24.6 Å². The second-order valence-corrected chi connectivity index (χ2v) is 10.9. The first-order valence-corrected chi connectivity index (χ1v) is 12.7. The van der Waals surface area contributed by atoms with Crippen LogP contribution in [0.5, 0.6) is 5.75 Å². The molecule has 2 unspecified atom stereocenters. The number of aromatic hydroxyl groups is 1. The number of Topliss-reactive ketones (excluding diaryl/α,β-unsaturated/α-hetero) is 4. The van der Waals surface area contributed by atoms with E-state index in [0.717, 1.165) is 0 Å². The SMILES string of the molecule is CC(=O)Nc1ccc(-c2ccc(O)c3c2C[C@@H]2C[C@@H]4[C@@H](N(C)C)C(=O)C(C(N)=O)C(=O)[C@]4(O)C(=O)C2C3=O)cn1. The van der Waals surface area contributed by atoms with Gasteiger partial charge in [0.15, 0.2) is 34.7 Å². The average molecular weight is 549 g/mol. The van der Waals surface area contributed by atoms with E-state index >= 15 is 0 Å². The maximum absolute atomic E-state index is 13.9. The molecular formula is C28H28N4O8. The third kappa shape index (κ3) is 3.86. The summed E-state index contributed by atoms with van der Waals surface area (Å²) in [6, 6.07) is 5.04. The lowest BCUT2D eigenvalue weighted by Gasteiger charge is -2.52. The van der Waals surface area contributed by atoms with Crippen LogP contribution in [-0.2, 0) is 30.4 Å². The predicted molar refractivity (Wildman–Crippen MR) is 139 cm³/mol. The molecule has 0 radical (unpaired) electrons. The van der Waals surface area contributed by atoms with Crippen molar-refractivity contribution in [2.24, 2.45) is 29.4 Å². The van der Waals surface area contributed by atoms with E-state index in [1.54, 1.807) is 18.2 Å². The molecule has 3 aliphatic carbocycles. The number of phenols is 1. The quantitative estimate of drug-likeness (QED) is 0.374. The van der Waals surface area contributed by atoms with E-state index in [-0.39, 0.29) is 30.1 Å². The number of rotatable bonds is 4. The van der Waals surface area contributed by atoms with Crippen molar-refractivity contribution in [2.45, 2.75) is 31.4 Å². The lowest BCUT2D eigenvalue weighted by Crippen LogP contribution is -2.74. The number of amides is 2. The summed E-state index contributed by atoms with van der Waals surface area (Å²) in [6.07, 6.45) is 1.59. The van der Waals surface area contributed by atoms with Crippen LogP contribution in [0.2, 0.25) is 0 Å². The first kappa shape index (κ1) is 27.3. The molecule has 208 valence electrons. The Bertz CT molecular complexity index is 1500. The number of benzene rings is 1. The summed E-state index contributed by atoms with van der Waals surface area (Å²) in [5.74, 6) is -10.9. The number of carbonyl (C=O) groups is 6. The standard InChI is InChI=1S/C28H28N4O8/c1-11(33)31-18-7-4-12(10-30-18)14-5-6-17(34)20-15(14)8-13-9-16-22(32(2)3)24(36)21(27(29)39)26(38)28(16,40)25(37)19(13)23(20)35/h4-7,10,13,16,19,21-22,34,40H,8-9H2,1-3H3,(H2,29,39)(H,30,31,33)/t13-,16-,19?,21?,22-,28-/m1/s1. The average Bonchev–Trinajstić information content (AvgIpc) is 2.86. The fourth-order valence-corrected chi connectivity index (χ4v) is 6.68. The number of phenolic OH excluding ortho intramolecular Hbond substituents is 1. The molecule has 12 nitrogen and oxygen atoms in total. The molecule has 1 aromatic heterocycles. The second-order valence-electron chi connectivity index (χ2n) is 10.9. The summed E-state index contributed by atoms with van der Waals surface area (Å²) in [5.41, 5.74) is 4.09. The van der Waals surface area contributed by atoms with Gasteiger partial charge in [0.25, 0.3) is 0 Å². The Hall–Kier alpha value is -4.29. The molecule has 6 atom stereocenters. The molecule has 5 rings (SSSR count). The van der Waals surface area contributed by atoms with Crippen LogP contribution in [0, 0.1) is 23.7 Å². The van der Waals surface area contributed by atoms with Gasteiger partial charge in [-0.3, -0.25) is 33.7 Å². The van der Waals surface area contributed by atoms with Crippen molar-refractivity contribution in [3.8, 4) is 16.9 Å². The summed E-state index contributed by atoms with van der Waals surface area (Å²) in [6.45, 7) is 1.35. The Kier molecular flexibility index (Phi) is 6.42. The van der Waals surface area contributed by atoms with Crippen molar-refractivity contribution in [3.05, 3.63) is 41.6 Å². The normalized spacial score (nSPS) is 29.5. The van der Waals surface area contributed by atoms with Gasteiger partial charge in [0.2, 0.25) is 11.8 Å². The Morgan fingerprint density at radius 2 is 1.80 bits per heavy atom. The van der Waals surface area contributed by atoms with Crippen LogP contribution >= 0.6 is 0 Å². The number of aromatic nitrogens is 1. The highest BCUT2D eigenvalue weighted by atomic mass is 16.3. The summed E-state index contributed by atoms with van der Waals surface area (Å²) in [5, 5.41) is 24.9. The van der Waals surface area contributed by atoms with Crippen LogP contribution in [0.1, 0.15) is 29.3 Å². The molecule has 0 spiro atoms. The number of hydrogen-bond acceptors (Lipinski definition) is 10. The molecule has 0 aliphatic heterocycles. The molecule has 0 bridgehead atoms. The van der Waals surface area contributed by atoms with E-state index < -0.39 is 64.4 Å². The van der Waals surface area contributed by atoms with E-state index in [1.807, 2.05) is 0 Å². The molecule has 2 fully saturated rings. The lowest BCUT2D eigenvalue weighted by atomic mass is 9.52. The number of primary amides is 1. The maximum atomic E-state index is 13.9. The van der Waals surface area contributed by atoms with Gasteiger partial charge in [-0.05, 0) is 62.2 Å². The molecule has 12 heteroatoms. The van der Waals surface area contributed by atoms with Gasteiger partial charge in [0.1, 0.15) is 11.6 Å². The molecule has 2 amide bonds. The number of pyridine rings is 1. The van der Waals surface area contributed by atoms with Crippen molar-refractivity contribution in [1.82, 2.24) is 9.88 Å². The number of likely N-dealkylation sites (N-methyl/N-ethyl adjacent to an activating group) is 1. The number of ketones is 4. The zero-order valence-corrected chi connectivity index (χ0v) is 22.0. The molecule has 2 saturated carbocycles. The monoisotopic (exact) mass is 548 g/mol. The van der Waals surface area contributed by atoms with Gasteiger partial charge in [-0.15, -0.1) is 0 Å². The minimum absolute atomic E-state index is 0.0429. The smallest absolute Gasteiger partial charge is 0.235 e. The lowest BCUT2D eigenvalue weighted by molar-refractivity contribution is -0.181. The molecule has 1 heterocycles. The van der Waals surface area contributed by atoms with E-state index in [2.05, 4.69) is 10.3 Å². The molecule has 3 aliphatic rings. The van der Waals surface area contributed by atoms with Gasteiger partial charge in [0.05, 0.1) is 17.5 Å². The van der Waals surface area contributed by atoms with Gasteiger partial charge < -0.3 is 21.3 Å². The summed E-state index contributed by atoms with van der Waals surface area (Å²) in [7, 11) is 3.06. The van der Waals surface area contributed by atoms with Crippen molar-refractivity contribution < 1.29 is 39.0 Å². The highest BCUT2D eigenvalue weighted by Crippen LogP contribution is 2.51. The molecular weight excluding hydrogens is 520 g/mol. The van der Waals surface area contributed by atoms with Crippen molar-refractivity contribution in [2.75, 3.05) is 19.4 Å². The largest absolute Gasteiger partial charge is 0.507 e. The predicted octanol–water partition coefficient (Wildman–Crippen LogP) is -0.113. The second kappa shape index (κ2) is 9.42. The minimum atomic E-state index is -2.77. The van der Waals surface area contributed by atoms with Gasteiger partial charge in [-0.1, -0.05) is 6.07 Å². The molecule has 2 aromatic rings. The number of nitrogens with one attached hydrogen (secondary N) is 1. The van der Waals surface area contributed by atoms with Crippen molar-refractivity contribution in [3.63, 3.8) is 0 Å². The minimum Gasteiger partial charge on any atom is -0.507 e. The summed E-state index contributed by atoms with van der Waals surface area (Å²) >= 11 is 0. The zero-order valence-electron chi connectivity index (χ0n) is 22.0. The van der Waals surface area contributed by atoms with E-state index in [4.69, 9.17) is 5.73 Å². The van der Waals surface area contributed by atoms with Crippen LogP contribution < -0.4 is 11.1 Å². The highest BCUT2D eigenvalue weighted by Gasteiger charge is 2.69. The third-order valence-corrected chi connectivity index (χ3v) is 8.32. The number of aliphatic hydroxyl groups is 1. The summed E-state index contributed by atoms with van der Waals surface area (Å²) < 4.78 is 0. The number of carbonyl (C=O) groups excluding carboxylic acids is 6. The van der Waals surface area contributed by atoms with Crippen LogP contribution in [-0.4, -0.2) is 80.8 Å². The Labute approximate surface area is 228 Å². The Morgan fingerprint density at radius 3 is 2.38 bits per heavy atom. The molecule has 0 saturated heterocycles. The van der Waals surface area contributed by atoms with E-state index in [0.29, 0.717) is 22.5 Å². The van der Waals surface area contributed by atoms with E-state index in [9.17, 15) is 39.0 Å². The zero-order chi connectivity index (χ0) is 29.3. The van der Waals surface area contributed by atoms with Crippen LogP contribution in [0.15, 0.2) is 30.5 Å². The number of fused-ring (bicyclic) bond motifs is 3. The fraction of sp³-hybridized carbons (Fsp3) is 0.393. The van der Waals surface area contributed by atoms with Crippen molar-refractivity contribution in [1.29, 1.82) is 0 Å². The number of nitrogens with zero attached hydrogens (tertiary/aromatic N) is 2. The summed E-state index contributed by atoms with van der Waals surface area (Å²) in [4.78, 5) is 83.3. The van der Waals surface area contributed by atoms with Crippen LogP contribution in [0.3, 0.4) is 0 Å². The first-order valence-electron chi connectivity index (χ1n) is 12.7. The van der Waals surface area contributed by atoms with Crippen molar-refractivity contribution >= 4 is 40.8 Å². The fourth-order valence-electron chi connectivity index (χ4n) is 6.68. The van der Waals surface area contributed by atoms with Gasteiger partial charge in [-0.2, -0.15) is 0 Å². The molecule has 1 aromatic carbocycles. The Morgan fingerprint density at radius 1 is 1.10 bits per heavy atom. The molecule has 5 N–H and O–H groups in total. The first-order chi connectivity index (χ1) is 18.8. The van der Waals surface area contributed by atoms with Gasteiger partial charge in [-0.25, -0.2) is 4.98 Å². The van der Waals surface area contributed by atoms with E-state index in [1.165, 1.54) is 38.2 Å². The van der Waals surface area contributed by atoms with Gasteiger partial charge >= 0.3 is 0 Å². The number of hydrogen-bond donors (Lipinski definition) is 4. The highest BCUT2D eigenvalue weighted by molar-refractivity contribution is 6.32. The number of anilines is 1. The number of nitrogens with two attached hydrogens (primary N) is 1. The van der Waals surface area contributed by atoms with Crippen LogP contribution in [0.4, 0.5) is 5.82 Å². The Balaban J connectivity index is 1.61. The third-order valence-electron chi connectivity index (χ3n) is 8.32.